The van der Waals surface area contributed by atoms with Crippen molar-refractivity contribution in [2.24, 2.45) is 0 Å². The van der Waals surface area contributed by atoms with Gasteiger partial charge in [0.15, 0.2) is 12.6 Å². The molecule has 1 heterocycles. The molecule has 0 aliphatic carbocycles. The lowest BCUT2D eigenvalue weighted by molar-refractivity contribution is -0.217. The molecule has 1 aliphatic rings. The minimum atomic E-state index is -0.291. The summed E-state index contributed by atoms with van der Waals surface area (Å²) in [6.45, 7) is 4.00. The number of benzene rings is 1. The van der Waals surface area contributed by atoms with Crippen molar-refractivity contribution in [1.82, 2.24) is 0 Å². The van der Waals surface area contributed by atoms with Gasteiger partial charge < -0.3 is 14.2 Å². The second-order valence-corrected chi connectivity index (χ2v) is 2.90. The van der Waals surface area contributed by atoms with Crippen LogP contribution in [0.4, 0.5) is 0 Å². The summed E-state index contributed by atoms with van der Waals surface area (Å²) in [5, 5.41) is 0. The highest BCUT2D eigenvalue weighted by Crippen LogP contribution is 2.39. The quantitative estimate of drug-likeness (QED) is 0.751. The molecule has 3 heteroatoms. The van der Waals surface area contributed by atoms with Crippen molar-refractivity contribution in [3.05, 3.63) is 35.4 Å². The van der Waals surface area contributed by atoms with Gasteiger partial charge in [-0.25, -0.2) is 0 Å². The Kier molecular flexibility index (Phi) is 4.75. The maximum absolute atomic E-state index is 5.49. The lowest BCUT2D eigenvalue weighted by Gasteiger charge is -2.10. The molecule has 0 spiro atoms. The van der Waals surface area contributed by atoms with Crippen LogP contribution < -0.4 is 0 Å². The SMILES string of the molecule is CC.COC1OC(OC)c2ccccc21. The number of hydrogen-bond acceptors (Lipinski definition) is 3. The summed E-state index contributed by atoms with van der Waals surface area (Å²) in [5.74, 6) is 0. The Morgan fingerprint density at radius 1 is 0.933 bits per heavy atom. The highest BCUT2D eigenvalue weighted by molar-refractivity contribution is 5.32. The first-order valence-corrected chi connectivity index (χ1v) is 5.16. The highest BCUT2D eigenvalue weighted by Gasteiger charge is 2.31. The molecule has 2 atom stereocenters. The average molecular weight is 210 g/mol. The van der Waals surface area contributed by atoms with E-state index < -0.39 is 0 Å². The zero-order chi connectivity index (χ0) is 11.3. The van der Waals surface area contributed by atoms with Crippen LogP contribution >= 0.6 is 0 Å². The molecule has 2 unspecified atom stereocenters. The molecule has 0 saturated heterocycles. The average Bonchev–Trinajstić information content (AvgIpc) is 2.70. The third-order valence-electron chi connectivity index (χ3n) is 2.18. The second-order valence-electron chi connectivity index (χ2n) is 2.90. The summed E-state index contributed by atoms with van der Waals surface area (Å²) in [5.41, 5.74) is 2.11. The van der Waals surface area contributed by atoms with Crippen LogP contribution in [0, 0.1) is 0 Å². The summed E-state index contributed by atoms with van der Waals surface area (Å²) >= 11 is 0. The van der Waals surface area contributed by atoms with Crippen molar-refractivity contribution in [1.29, 1.82) is 0 Å². The number of hydrogen-bond donors (Lipinski definition) is 0. The maximum atomic E-state index is 5.49. The normalized spacial score (nSPS) is 22.9. The first-order chi connectivity index (χ1) is 7.36. The van der Waals surface area contributed by atoms with Crippen molar-refractivity contribution in [2.45, 2.75) is 26.4 Å². The molecule has 0 saturated carbocycles. The largest absolute Gasteiger partial charge is 0.352 e. The van der Waals surface area contributed by atoms with E-state index in [1.807, 2.05) is 38.1 Å². The number of ether oxygens (including phenoxy) is 3. The summed E-state index contributed by atoms with van der Waals surface area (Å²) < 4.78 is 15.8. The van der Waals surface area contributed by atoms with Gasteiger partial charge in [-0.1, -0.05) is 38.1 Å². The van der Waals surface area contributed by atoms with Gasteiger partial charge in [0.2, 0.25) is 0 Å². The van der Waals surface area contributed by atoms with Crippen LogP contribution in [-0.2, 0) is 14.2 Å². The number of fused-ring (bicyclic) bond motifs is 1. The van der Waals surface area contributed by atoms with Gasteiger partial charge in [0, 0.05) is 25.3 Å². The van der Waals surface area contributed by atoms with E-state index >= 15 is 0 Å². The van der Waals surface area contributed by atoms with E-state index in [0.29, 0.717) is 0 Å². The van der Waals surface area contributed by atoms with Gasteiger partial charge >= 0.3 is 0 Å². The predicted octanol–water partition coefficient (Wildman–Crippen LogP) is 3.03. The Labute approximate surface area is 91.0 Å². The molecule has 0 radical (unpaired) electrons. The van der Waals surface area contributed by atoms with E-state index in [4.69, 9.17) is 14.2 Å². The first kappa shape index (κ1) is 12.2. The molecule has 1 aliphatic heterocycles. The third-order valence-corrected chi connectivity index (χ3v) is 2.18. The molecular weight excluding hydrogens is 192 g/mol. The van der Waals surface area contributed by atoms with Crippen molar-refractivity contribution in [2.75, 3.05) is 14.2 Å². The maximum Gasteiger partial charge on any atom is 0.187 e. The van der Waals surface area contributed by atoms with Crippen molar-refractivity contribution in [3.63, 3.8) is 0 Å². The van der Waals surface area contributed by atoms with E-state index in [1.165, 1.54) is 0 Å². The van der Waals surface area contributed by atoms with Gasteiger partial charge in [-0.05, 0) is 0 Å². The van der Waals surface area contributed by atoms with Crippen LogP contribution in [0.2, 0.25) is 0 Å². The van der Waals surface area contributed by atoms with Crippen molar-refractivity contribution >= 4 is 0 Å². The Hall–Kier alpha value is -0.900. The molecule has 1 aromatic carbocycles. The van der Waals surface area contributed by atoms with E-state index in [2.05, 4.69) is 0 Å². The molecule has 0 fully saturated rings. The monoisotopic (exact) mass is 210 g/mol. The van der Waals surface area contributed by atoms with Gasteiger partial charge in [-0.2, -0.15) is 0 Å². The molecule has 0 N–H and O–H groups in total. The smallest absolute Gasteiger partial charge is 0.187 e. The summed E-state index contributed by atoms with van der Waals surface area (Å²) in [4.78, 5) is 0. The molecule has 84 valence electrons. The zero-order valence-electron chi connectivity index (χ0n) is 9.69. The van der Waals surface area contributed by atoms with Crippen molar-refractivity contribution < 1.29 is 14.2 Å². The van der Waals surface area contributed by atoms with E-state index in [1.54, 1.807) is 14.2 Å². The van der Waals surface area contributed by atoms with Gasteiger partial charge in [-0.3, -0.25) is 0 Å². The summed E-state index contributed by atoms with van der Waals surface area (Å²) in [7, 11) is 3.25. The Morgan fingerprint density at radius 2 is 1.33 bits per heavy atom. The van der Waals surface area contributed by atoms with Crippen LogP contribution in [0.15, 0.2) is 24.3 Å². The topological polar surface area (TPSA) is 27.7 Å². The van der Waals surface area contributed by atoms with Gasteiger partial charge in [0.1, 0.15) is 0 Å². The molecule has 0 amide bonds. The summed E-state index contributed by atoms with van der Waals surface area (Å²) in [6.07, 6.45) is -0.581. The van der Waals surface area contributed by atoms with Crippen LogP contribution in [0.3, 0.4) is 0 Å². The summed E-state index contributed by atoms with van der Waals surface area (Å²) in [6, 6.07) is 7.91. The fourth-order valence-electron chi connectivity index (χ4n) is 1.56. The Morgan fingerprint density at radius 3 is 1.67 bits per heavy atom. The molecule has 15 heavy (non-hydrogen) atoms. The van der Waals surface area contributed by atoms with Gasteiger partial charge in [-0.15, -0.1) is 0 Å². The fraction of sp³-hybridized carbons (Fsp3) is 0.500. The van der Waals surface area contributed by atoms with Crippen LogP contribution in [0.5, 0.6) is 0 Å². The minimum absolute atomic E-state index is 0.291. The van der Waals surface area contributed by atoms with Crippen LogP contribution in [0.1, 0.15) is 37.6 Å². The van der Waals surface area contributed by atoms with Gasteiger partial charge in [0.25, 0.3) is 0 Å². The van der Waals surface area contributed by atoms with E-state index in [-0.39, 0.29) is 12.6 Å². The molecule has 2 rings (SSSR count). The minimum Gasteiger partial charge on any atom is -0.352 e. The first-order valence-electron chi connectivity index (χ1n) is 5.16. The second kappa shape index (κ2) is 5.85. The molecule has 0 aromatic heterocycles. The molecular formula is C12H18O3. The molecule has 3 nitrogen and oxygen atoms in total. The van der Waals surface area contributed by atoms with E-state index in [0.717, 1.165) is 11.1 Å². The fourth-order valence-corrected chi connectivity index (χ4v) is 1.56. The van der Waals surface area contributed by atoms with E-state index in [9.17, 15) is 0 Å². The lowest BCUT2D eigenvalue weighted by atomic mass is 10.1. The van der Waals surface area contributed by atoms with Crippen molar-refractivity contribution in [3.8, 4) is 0 Å². The zero-order valence-corrected chi connectivity index (χ0v) is 9.69. The Balaban J connectivity index is 0.000000531. The number of methoxy groups -OCH3 is 2. The number of rotatable bonds is 2. The highest BCUT2D eigenvalue weighted by atomic mass is 16.8. The predicted molar refractivity (Wildman–Crippen MR) is 58.4 cm³/mol. The third kappa shape index (κ3) is 2.37. The van der Waals surface area contributed by atoms with Crippen LogP contribution in [0.25, 0.3) is 0 Å². The van der Waals surface area contributed by atoms with Crippen LogP contribution in [-0.4, -0.2) is 14.2 Å². The molecule has 0 bridgehead atoms. The molecule has 1 aromatic rings. The standard InChI is InChI=1S/C10H12O3.C2H6/c1-11-9-7-5-3-4-6-8(7)10(12-2)13-9;1-2/h3-6,9-10H,1-2H3;1-2H3. The van der Waals surface area contributed by atoms with Gasteiger partial charge in [0.05, 0.1) is 0 Å². The lowest BCUT2D eigenvalue weighted by Crippen LogP contribution is -2.01. The Bertz CT molecular complexity index is 270.